The van der Waals surface area contributed by atoms with Crippen LogP contribution in [0.5, 0.6) is 0 Å². The third-order valence-corrected chi connectivity index (χ3v) is 4.39. The molecule has 0 bridgehead atoms. The van der Waals surface area contributed by atoms with Gasteiger partial charge in [-0.3, -0.25) is 4.79 Å². The van der Waals surface area contributed by atoms with Gasteiger partial charge in [-0.25, -0.2) is 4.39 Å². The summed E-state index contributed by atoms with van der Waals surface area (Å²) < 4.78 is 14.4. The quantitative estimate of drug-likeness (QED) is 0.729. The molecule has 1 aromatic heterocycles. The van der Waals surface area contributed by atoms with E-state index in [0.29, 0.717) is 20.8 Å². The Morgan fingerprint density at radius 3 is 2.71 bits per heavy atom. The average Bonchev–Trinajstić information content (AvgIpc) is 2.77. The molecule has 6 heteroatoms. The summed E-state index contributed by atoms with van der Waals surface area (Å²) in [5, 5.41) is 3.51. The van der Waals surface area contributed by atoms with Crippen LogP contribution in [-0.4, -0.2) is 5.91 Å². The fourth-order valence-corrected chi connectivity index (χ4v) is 3.27. The number of nitrogens with one attached hydrogen (secondary N) is 1. The van der Waals surface area contributed by atoms with Crippen molar-refractivity contribution in [1.82, 2.24) is 0 Å². The molecule has 0 aliphatic rings. The van der Waals surface area contributed by atoms with E-state index in [-0.39, 0.29) is 16.5 Å². The molecule has 0 fully saturated rings. The summed E-state index contributed by atoms with van der Waals surface area (Å²) in [6.07, 6.45) is 0. The molecule has 21 heavy (non-hydrogen) atoms. The fraction of sp³-hybridized carbons (Fsp3) is 0. The van der Waals surface area contributed by atoms with Crippen LogP contribution in [0, 0.1) is 5.82 Å². The molecule has 0 atom stereocenters. The van der Waals surface area contributed by atoms with Gasteiger partial charge in [-0.05, 0) is 30.3 Å². The predicted octanol–water partition coefficient (Wildman–Crippen LogP) is 4.53. The normalized spacial score (nSPS) is 10.8. The summed E-state index contributed by atoms with van der Waals surface area (Å²) in [5.74, 6) is -0.807. The van der Waals surface area contributed by atoms with Gasteiger partial charge in [0.1, 0.15) is 10.7 Å². The molecule has 1 amide bonds. The lowest BCUT2D eigenvalue weighted by molar-refractivity contribution is 0.103. The number of thiophene rings is 1. The number of nitrogen functional groups attached to an aromatic ring is 1. The van der Waals surface area contributed by atoms with Crippen molar-refractivity contribution in [3.05, 3.63) is 58.2 Å². The number of fused-ring (bicyclic) bond motifs is 1. The van der Waals surface area contributed by atoms with Crippen molar-refractivity contribution in [1.29, 1.82) is 0 Å². The first kappa shape index (κ1) is 13.9. The van der Waals surface area contributed by atoms with Gasteiger partial charge in [0.05, 0.1) is 11.1 Å². The van der Waals surface area contributed by atoms with E-state index in [4.69, 9.17) is 17.3 Å². The summed E-state index contributed by atoms with van der Waals surface area (Å²) >= 11 is 7.03. The second-order valence-electron chi connectivity index (χ2n) is 4.42. The lowest BCUT2D eigenvalue weighted by Crippen LogP contribution is -2.11. The third kappa shape index (κ3) is 2.57. The number of rotatable bonds is 2. The fourth-order valence-electron chi connectivity index (χ4n) is 2.05. The number of amides is 1. The van der Waals surface area contributed by atoms with Crippen molar-refractivity contribution in [2.45, 2.75) is 0 Å². The maximum atomic E-state index is 13.8. The first-order valence-corrected chi connectivity index (χ1v) is 7.29. The van der Waals surface area contributed by atoms with Crippen molar-refractivity contribution in [3.8, 4) is 0 Å². The van der Waals surface area contributed by atoms with E-state index in [9.17, 15) is 9.18 Å². The van der Waals surface area contributed by atoms with Crippen LogP contribution in [0.25, 0.3) is 10.1 Å². The molecule has 106 valence electrons. The Morgan fingerprint density at radius 1 is 1.24 bits per heavy atom. The van der Waals surface area contributed by atoms with E-state index < -0.39 is 5.82 Å². The minimum absolute atomic E-state index is 0.160. The van der Waals surface area contributed by atoms with Crippen LogP contribution in [0.15, 0.2) is 42.5 Å². The summed E-state index contributed by atoms with van der Waals surface area (Å²) in [4.78, 5) is 12.6. The Morgan fingerprint density at radius 2 is 2.00 bits per heavy atom. The standard InChI is InChI=1S/C15H10ClFN2OS/c16-8-3-1-4-9(7-8)19-15(20)14-13(18)12-10(17)5-2-6-11(12)21-14/h1-7H,18H2,(H,19,20). The second kappa shape index (κ2) is 5.35. The van der Waals surface area contributed by atoms with Crippen molar-refractivity contribution in [2.24, 2.45) is 0 Å². The van der Waals surface area contributed by atoms with Crippen LogP contribution >= 0.6 is 22.9 Å². The first-order chi connectivity index (χ1) is 10.1. The molecule has 0 radical (unpaired) electrons. The Balaban J connectivity index is 1.99. The van der Waals surface area contributed by atoms with Gasteiger partial charge in [0.2, 0.25) is 0 Å². The van der Waals surface area contributed by atoms with Crippen molar-refractivity contribution in [3.63, 3.8) is 0 Å². The van der Waals surface area contributed by atoms with Gasteiger partial charge in [0, 0.05) is 15.4 Å². The minimum atomic E-state index is -0.428. The van der Waals surface area contributed by atoms with Crippen molar-refractivity contribution >= 4 is 50.3 Å². The Kier molecular flexibility index (Phi) is 3.53. The number of carbonyl (C=O) groups is 1. The molecule has 2 aromatic carbocycles. The SMILES string of the molecule is Nc1c(C(=O)Nc2cccc(Cl)c2)sc2cccc(F)c12. The van der Waals surface area contributed by atoms with Crippen LogP contribution in [0.4, 0.5) is 15.8 Å². The van der Waals surface area contributed by atoms with Gasteiger partial charge in [0.15, 0.2) is 0 Å². The van der Waals surface area contributed by atoms with Gasteiger partial charge in [0.25, 0.3) is 5.91 Å². The van der Waals surface area contributed by atoms with E-state index in [1.165, 1.54) is 6.07 Å². The highest BCUT2D eigenvalue weighted by atomic mass is 35.5. The Bertz CT molecular complexity index is 847. The highest BCUT2D eigenvalue weighted by Gasteiger charge is 2.18. The predicted molar refractivity (Wildman–Crippen MR) is 85.6 cm³/mol. The zero-order valence-electron chi connectivity index (χ0n) is 10.7. The molecule has 0 aliphatic heterocycles. The van der Waals surface area contributed by atoms with Gasteiger partial charge in [-0.1, -0.05) is 23.7 Å². The van der Waals surface area contributed by atoms with E-state index in [0.717, 1.165) is 11.3 Å². The zero-order chi connectivity index (χ0) is 15.0. The number of anilines is 2. The smallest absolute Gasteiger partial charge is 0.267 e. The van der Waals surface area contributed by atoms with Crippen LogP contribution in [0.3, 0.4) is 0 Å². The molecule has 1 heterocycles. The van der Waals surface area contributed by atoms with Crippen LogP contribution in [-0.2, 0) is 0 Å². The molecule has 0 spiro atoms. The molecular weight excluding hydrogens is 311 g/mol. The molecule has 3 aromatic rings. The van der Waals surface area contributed by atoms with Gasteiger partial charge < -0.3 is 11.1 Å². The largest absolute Gasteiger partial charge is 0.397 e. The molecule has 0 saturated heterocycles. The monoisotopic (exact) mass is 320 g/mol. The van der Waals surface area contributed by atoms with Crippen LogP contribution in [0.2, 0.25) is 5.02 Å². The van der Waals surface area contributed by atoms with Gasteiger partial charge in [-0.15, -0.1) is 11.3 Å². The van der Waals surface area contributed by atoms with Crippen LogP contribution in [0.1, 0.15) is 9.67 Å². The lowest BCUT2D eigenvalue weighted by atomic mass is 10.2. The maximum absolute atomic E-state index is 13.8. The number of hydrogen-bond acceptors (Lipinski definition) is 3. The Hall–Kier alpha value is -2.11. The average molecular weight is 321 g/mol. The van der Waals surface area contributed by atoms with E-state index in [1.807, 2.05) is 0 Å². The molecule has 3 rings (SSSR count). The number of hydrogen-bond donors (Lipinski definition) is 2. The van der Waals surface area contributed by atoms with Crippen LogP contribution < -0.4 is 11.1 Å². The summed E-state index contributed by atoms with van der Waals surface area (Å²) in [7, 11) is 0. The van der Waals surface area contributed by atoms with E-state index in [1.54, 1.807) is 36.4 Å². The Labute approximate surface area is 129 Å². The molecule has 3 nitrogen and oxygen atoms in total. The minimum Gasteiger partial charge on any atom is -0.397 e. The van der Waals surface area contributed by atoms with E-state index >= 15 is 0 Å². The van der Waals surface area contributed by atoms with Gasteiger partial charge >= 0.3 is 0 Å². The molecular formula is C15H10ClFN2OS. The summed E-state index contributed by atoms with van der Waals surface area (Å²) in [6, 6.07) is 11.4. The van der Waals surface area contributed by atoms with Gasteiger partial charge in [-0.2, -0.15) is 0 Å². The van der Waals surface area contributed by atoms with Crippen molar-refractivity contribution in [2.75, 3.05) is 11.1 Å². The molecule has 0 aliphatic carbocycles. The number of halogens is 2. The third-order valence-electron chi connectivity index (χ3n) is 2.99. The number of nitrogens with two attached hydrogens (primary N) is 1. The number of carbonyl (C=O) groups excluding carboxylic acids is 1. The lowest BCUT2D eigenvalue weighted by Gasteiger charge is -2.04. The molecule has 0 unspecified atom stereocenters. The maximum Gasteiger partial charge on any atom is 0.267 e. The number of benzene rings is 2. The molecule has 0 saturated carbocycles. The first-order valence-electron chi connectivity index (χ1n) is 6.09. The summed E-state index contributed by atoms with van der Waals surface area (Å²) in [5.41, 5.74) is 6.63. The summed E-state index contributed by atoms with van der Waals surface area (Å²) in [6.45, 7) is 0. The highest BCUT2D eigenvalue weighted by molar-refractivity contribution is 7.21. The highest BCUT2D eigenvalue weighted by Crippen LogP contribution is 2.35. The zero-order valence-corrected chi connectivity index (χ0v) is 12.3. The van der Waals surface area contributed by atoms with E-state index in [2.05, 4.69) is 5.32 Å². The molecule has 3 N–H and O–H groups in total. The second-order valence-corrected chi connectivity index (χ2v) is 5.91. The topological polar surface area (TPSA) is 55.1 Å². The van der Waals surface area contributed by atoms with Crippen molar-refractivity contribution < 1.29 is 9.18 Å².